The Morgan fingerprint density at radius 3 is 1.38 bits per heavy atom. The first kappa shape index (κ1) is 36.2. The summed E-state index contributed by atoms with van der Waals surface area (Å²) in [6, 6.07) is 6.83. The van der Waals surface area contributed by atoms with Crippen molar-refractivity contribution in [2.75, 3.05) is 36.9 Å². The number of carbonyl (C=O) groups is 2. The molecule has 2 aromatic heterocycles. The minimum atomic E-state index is -0.539. The van der Waals surface area contributed by atoms with Crippen molar-refractivity contribution < 1.29 is 28.5 Å². The van der Waals surface area contributed by atoms with Gasteiger partial charge in [0.2, 0.25) is 0 Å². The molecule has 0 amide bonds. The van der Waals surface area contributed by atoms with Crippen molar-refractivity contribution in [2.45, 2.75) is 66.6 Å². The van der Waals surface area contributed by atoms with Crippen LogP contribution in [0.5, 0.6) is 11.5 Å². The first-order valence-corrected chi connectivity index (χ1v) is 14.1. The van der Waals surface area contributed by atoms with Gasteiger partial charge in [-0.05, 0) is 104 Å². The first-order chi connectivity index (χ1) is 19.6. The number of thiocarbonyl (C=S) groups is 2. The Hall–Kier alpha value is -3.78. The van der Waals surface area contributed by atoms with Crippen molar-refractivity contribution in [1.82, 2.24) is 20.6 Å². The minimum absolute atomic E-state index is 0.189. The van der Waals surface area contributed by atoms with E-state index in [0.717, 1.165) is 0 Å². The van der Waals surface area contributed by atoms with Crippen molar-refractivity contribution in [2.24, 2.45) is 0 Å². The smallest absolute Gasteiger partial charge is 0.344 e. The molecule has 0 aliphatic carbocycles. The van der Waals surface area contributed by atoms with E-state index < -0.39 is 23.1 Å². The summed E-state index contributed by atoms with van der Waals surface area (Å²) in [5, 5.41) is 12.6. The molecule has 0 atom stereocenters. The van der Waals surface area contributed by atoms with Crippen LogP contribution in [0.2, 0.25) is 0 Å². The maximum absolute atomic E-state index is 11.6. The van der Waals surface area contributed by atoms with E-state index in [9.17, 15) is 9.59 Å². The molecule has 0 saturated carbocycles. The number of hydrogen-bond donors (Lipinski definition) is 4. The molecule has 0 unspecified atom stereocenters. The third kappa shape index (κ3) is 16.5. The van der Waals surface area contributed by atoms with Gasteiger partial charge in [0.1, 0.15) is 11.2 Å². The molecule has 0 aliphatic rings. The molecule has 0 saturated heterocycles. The lowest BCUT2D eigenvalue weighted by molar-refractivity contribution is -0.158. The molecule has 232 valence electrons. The SMILES string of the molecule is CCNC(=S)Nc1ncccc1OCC(=O)OC(C)(C)C.CCNC(=S)Nc1ncccc1OCC(=O)OC(C)(C)C. The minimum Gasteiger partial charge on any atom is -0.478 e. The van der Waals surface area contributed by atoms with Crippen LogP contribution in [0.1, 0.15) is 55.4 Å². The van der Waals surface area contributed by atoms with Crippen LogP contribution in [0, 0.1) is 0 Å². The zero-order chi connectivity index (χ0) is 31.8. The predicted octanol–water partition coefficient (Wildman–Crippen LogP) is 4.22. The molecule has 0 radical (unpaired) electrons. The molecule has 0 aliphatic heterocycles. The van der Waals surface area contributed by atoms with E-state index in [4.69, 9.17) is 43.4 Å². The summed E-state index contributed by atoms with van der Waals surface area (Å²) in [5.41, 5.74) is -1.08. The number of carbonyl (C=O) groups excluding carboxylic acids is 2. The van der Waals surface area contributed by atoms with Gasteiger partial charge in [-0.25, -0.2) is 19.6 Å². The molecule has 42 heavy (non-hydrogen) atoms. The van der Waals surface area contributed by atoms with E-state index in [1.54, 1.807) is 78.2 Å². The van der Waals surface area contributed by atoms with E-state index in [2.05, 4.69) is 31.2 Å². The molecule has 2 aromatic rings. The molecule has 14 heteroatoms. The van der Waals surface area contributed by atoms with E-state index in [-0.39, 0.29) is 13.2 Å². The summed E-state index contributed by atoms with van der Waals surface area (Å²) in [7, 11) is 0. The van der Waals surface area contributed by atoms with Gasteiger partial charge in [0, 0.05) is 25.5 Å². The van der Waals surface area contributed by atoms with Gasteiger partial charge in [0.15, 0.2) is 46.6 Å². The Morgan fingerprint density at radius 2 is 1.07 bits per heavy atom. The zero-order valence-corrected chi connectivity index (χ0v) is 27.1. The molecular formula is C28H42N6O6S2. The van der Waals surface area contributed by atoms with Crippen LogP contribution in [-0.4, -0.2) is 69.6 Å². The summed E-state index contributed by atoms with van der Waals surface area (Å²) in [6.45, 7) is 15.7. The van der Waals surface area contributed by atoms with Crippen molar-refractivity contribution in [1.29, 1.82) is 0 Å². The summed E-state index contributed by atoms with van der Waals surface area (Å²) >= 11 is 10.2. The van der Waals surface area contributed by atoms with Crippen molar-refractivity contribution in [3.63, 3.8) is 0 Å². The van der Waals surface area contributed by atoms with Gasteiger partial charge in [0.25, 0.3) is 0 Å². The van der Waals surface area contributed by atoms with Crippen LogP contribution in [-0.2, 0) is 19.1 Å². The summed E-state index contributed by atoms with van der Waals surface area (Å²) in [4.78, 5) is 31.6. The van der Waals surface area contributed by atoms with E-state index >= 15 is 0 Å². The lowest BCUT2D eigenvalue weighted by atomic mass is 10.2. The molecule has 0 fully saturated rings. The molecule has 0 aromatic carbocycles. The second-order valence-electron chi connectivity index (χ2n) is 10.4. The zero-order valence-electron chi connectivity index (χ0n) is 25.5. The highest BCUT2D eigenvalue weighted by atomic mass is 32.1. The van der Waals surface area contributed by atoms with Crippen LogP contribution in [0.25, 0.3) is 0 Å². The quantitative estimate of drug-likeness (QED) is 0.222. The maximum Gasteiger partial charge on any atom is 0.344 e. The summed E-state index contributed by atoms with van der Waals surface area (Å²) in [5.74, 6) is 0.893. The monoisotopic (exact) mass is 622 g/mol. The van der Waals surface area contributed by atoms with Crippen LogP contribution in [0.3, 0.4) is 0 Å². The number of rotatable bonds is 10. The molecular weight excluding hydrogens is 580 g/mol. The number of ether oxygens (including phenoxy) is 4. The van der Waals surface area contributed by atoms with E-state index in [1.807, 2.05) is 13.8 Å². The normalized spacial score (nSPS) is 10.7. The van der Waals surface area contributed by atoms with Gasteiger partial charge in [-0.1, -0.05) is 0 Å². The van der Waals surface area contributed by atoms with Gasteiger partial charge >= 0.3 is 11.9 Å². The highest BCUT2D eigenvalue weighted by Crippen LogP contribution is 2.22. The highest BCUT2D eigenvalue weighted by molar-refractivity contribution is 7.80. The Morgan fingerprint density at radius 1 is 0.714 bits per heavy atom. The molecule has 4 N–H and O–H groups in total. The van der Waals surface area contributed by atoms with Gasteiger partial charge < -0.3 is 40.2 Å². The van der Waals surface area contributed by atoms with Crippen LogP contribution in [0.4, 0.5) is 11.6 Å². The highest BCUT2D eigenvalue weighted by Gasteiger charge is 2.18. The number of nitrogens with zero attached hydrogens (tertiary/aromatic N) is 2. The van der Waals surface area contributed by atoms with Crippen LogP contribution >= 0.6 is 24.4 Å². The molecule has 2 heterocycles. The van der Waals surface area contributed by atoms with E-state index in [0.29, 0.717) is 46.4 Å². The molecule has 0 spiro atoms. The predicted molar refractivity (Wildman–Crippen MR) is 171 cm³/mol. The number of anilines is 2. The fraction of sp³-hybridized carbons (Fsp3) is 0.500. The summed E-state index contributed by atoms with van der Waals surface area (Å²) < 4.78 is 21.2. The van der Waals surface area contributed by atoms with E-state index in [1.165, 1.54) is 0 Å². The van der Waals surface area contributed by atoms with Crippen molar-refractivity contribution in [3.05, 3.63) is 36.7 Å². The third-order valence-corrected chi connectivity index (χ3v) is 4.70. The number of hydrogen-bond acceptors (Lipinski definition) is 10. The van der Waals surface area contributed by atoms with Crippen LogP contribution in [0.15, 0.2) is 36.7 Å². The topological polar surface area (TPSA) is 145 Å². The Kier molecular flexibility index (Phi) is 15.5. The van der Waals surface area contributed by atoms with Crippen LogP contribution < -0.4 is 30.7 Å². The number of aromatic nitrogens is 2. The van der Waals surface area contributed by atoms with Gasteiger partial charge in [-0.2, -0.15) is 0 Å². The van der Waals surface area contributed by atoms with Crippen molar-refractivity contribution >= 4 is 58.2 Å². The average Bonchev–Trinajstić information content (AvgIpc) is 2.86. The number of esters is 2. The molecule has 0 bridgehead atoms. The largest absolute Gasteiger partial charge is 0.478 e. The van der Waals surface area contributed by atoms with Crippen molar-refractivity contribution in [3.8, 4) is 11.5 Å². The molecule has 12 nitrogen and oxygen atoms in total. The lowest BCUT2D eigenvalue weighted by Gasteiger charge is -2.20. The van der Waals surface area contributed by atoms with Gasteiger partial charge in [-0.3, -0.25) is 0 Å². The average molecular weight is 623 g/mol. The van der Waals surface area contributed by atoms with Gasteiger partial charge in [-0.15, -0.1) is 0 Å². The number of nitrogens with one attached hydrogen (secondary N) is 4. The maximum atomic E-state index is 11.6. The van der Waals surface area contributed by atoms with Gasteiger partial charge in [0.05, 0.1) is 0 Å². The Labute approximate surface area is 258 Å². The second-order valence-corrected chi connectivity index (χ2v) is 11.2. The second kappa shape index (κ2) is 17.9. The molecule has 2 rings (SSSR count). The summed E-state index contributed by atoms with van der Waals surface area (Å²) in [6.07, 6.45) is 3.22. The third-order valence-electron chi connectivity index (χ3n) is 4.21. The fourth-order valence-electron chi connectivity index (χ4n) is 2.84. The lowest BCUT2D eigenvalue weighted by Crippen LogP contribution is -2.29. The first-order valence-electron chi connectivity index (χ1n) is 13.3. The Balaban J connectivity index is 0.000000420. The standard InChI is InChI=1S/2C14H21N3O3S/c2*1-5-15-13(21)17-12-10(7-6-8-16-12)19-9-11(18)20-14(2,3)4/h2*6-8H,5,9H2,1-4H3,(H2,15,16,17,21). The number of pyridine rings is 2. The Bertz CT molecular complexity index is 1090. The fourth-order valence-corrected chi connectivity index (χ4v) is 3.32.